The summed E-state index contributed by atoms with van der Waals surface area (Å²) < 4.78 is 0. The van der Waals surface area contributed by atoms with Crippen molar-refractivity contribution in [3.05, 3.63) is 71.3 Å². The van der Waals surface area contributed by atoms with Crippen molar-refractivity contribution in [2.45, 2.75) is 38.9 Å². The Bertz CT molecular complexity index is 551. The third kappa shape index (κ3) is 4.16. The number of nitrogens with zero attached hydrogens (tertiary/aromatic N) is 1. The van der Waals surface area contributed by atoms with Crippen molar-refractivity contribution < 1.29 is 0 Å². The second-order valence-corrected chi connectivity index (χ2v) is 5.82. The molecule has 2 rings (SSSR count). The molecular weight excluding hydrogens is 256 g/mol. The van der Waals surface area contributed by atoms with Gasteiger partial charge in [0, 0.05) is 18.6 Å². The maximum Gasteiger partial charge on any atom is 0.0453 e. The molecule has 0 saturated heterocycles. The molecule has 0 aliphatic rings. The van der Waals surface area contributed by atoms with Crippen LogP contribution in [0.15, 0.2) is 54.6 Å². The van der Waals surface area contributed by atoms with E-state index in [1.807, 2.05) is 6.07 Å². The zero-order valence-corrected chi connectivity index (χ0v) is 13.3. The predicted octanol–water partition coefficient (Wildman–Crippen LogP) is 3.91. The van der Waals surface area contributed by atoms with Crippen LogP contribution in [-0.2, 0) is 6.54 Å². The summed E-state index contributed by atoms with van der Waals surface area (Å²) in [6.07, 6.45) is 1.04. The highest BCUT2D eigenvalue weighted by atomic mass is 15.1. The third-order valence-corrected chi connectivity index (χ3v) is 4.10. The Hall–Kier alpha value is -1.64. The van der Waals surface area contributed by atoms with Gasteiger partial charge in [-0.15, -0.1) is 0 Å². The molecule has 0 aromatic heterocycles. The largest absolute Gasteiger partial charge is 0.323 e. The zero-order chi connectivity index (χ0) is 15.2. The molecule has 2 aromatic rings. The van der Waals surface area contributed by atoms with Gasteiger partial charge in [-0.2, -0.15) is 0 Å². The molecule has 2 heteroatoms. The van der Waals surface area contributed by atoms with Gasteiger partial charge in [-0.3, -0.25) is 4.90 Å². The van der Waals surface area contributed by atoms with Gasteiger partial charge in [-0.1, -0.05) is 67.1 Å². The summed E-state index contributed by atoms with van der Waals surface area (Å²) in [6.45, 7) is 5.28. The summed E-state index contributed by atoms with van der Waals surface area (Å²) in [5.41, 5.74) is 10.4. The van der Waals surface area contributed by atoms with Crippen molar-refractivity contribution in [1.82, 2.24) is 4.90 Å². The monoisotopic (exact) mass is 282 g/mol. The quantitative estimate of drug-likeness (QED) is 0.870. The van der Waals surface area contributed by atoms with E-state index in [9.17, 15) is 0 Å². The van der Waals surface area contributed by atoms with Crippen molar-refractivity contribution in [2.75, 3.05) is 7.05 Å². The van der Waals surface area contributed by atoms with E-state index in [4.69, 9.17) is 5.73 Å². The smallest absolute Gasteiger partial charge is 0.0453 e. The van der Waals surface area contributed by atoms with Crippen LogP contribution < -0.4 is 5.73 Å². The van der Waals surface area contributed by atoms with Crippen molar-refractivity contribution in [3.63, 3.8) is 0 Å². The first-order chi connectivity index (χ1) is 10.1. The van der Waals surface area contributed by atoms with Crippen molar-refractivity contribution in [1.29, 1.82) is 0 Å². The summed E-state index contributed by atoms with van der Waals surface area (Å²) in [6, 6.07) is 19.5. The highest BCUT2D eigenvalue weighted by Crippen LogP contribution is 2.22. The van der Waals surface area contributed by atoms with Gasteiger partial charge in [0.05, 0.1) is 0 Å². The molecule has 0 radical (unpaired) electrons. The van der Waals surface area contributed by atoms with E-state index in [-0.39, 0.29) is 6.04 Å². The van der Waals surface area contributed by atoms with E-state index >= 15 is 0 Å². The number of hydrogen-bond donors (Lipinski definition) is 1. The minimum Gasteiger partial charge on any atom is -0.323 e. The normalized spacial score (nSPS) is 14.1. The summed E-state index contributed by atoms with van der Waals surface area (Å²) in [5, 5.41) is 0. The molecule has 0 aliphatic carbocycles. The first-order valence-electron chi connectivity index (χ1n) is 7.68. The van der Waals surface area contributed by atoms with E-state index in [0.29, 0.717) is 6.04 Å². The molecule has 21 heavy (non-hydrogen) atoms. The molecule has 112 valence electrons. The summed E-state index contributed by atoms with van der Waals surface area (Å²) in [7, 11) is 2.17. The van der Waals surface area contributed by atoms with Crippen LogP contribution in [0.25, 0.3) is 0 Å². The molecule has 2 N–H and O–H groups in total. The molecule has 2 aromatic carbocycles. The summed E-state index contributed by atoms with van der Waals surface area (Å²) in [4.78, 5) is 2.37. The Kier molecular flexibility index (Phi) is 5.54. The minimum absolute atomic E-state index is 0.0472. The van der Waals surface area contributed by atoms with Gasteiger partial charge < -0.3 is 5.73 Å². The lowest BCUT2D eigenvalue weighted by Crippen LogP contribution is -2.39. The van der Waals surface area contributed by atoms with Crippen LogP contribution in [0.5, 0.6) is 0 Å². The number of rotatable bonds is 6. The van der Waals surface area contributed by atoms with Crippen molar-refractivity contribution in [2.24, 2.45) is 5.73 Å². The lowest BCUT2D eigenvalue weighted by Gasteiger charge is -2.32. The summed E-state index contributed by atoms with van der Waals surface area (Å²) in [5.74, 6) is 0. The van der Waals surface area contributed by atoms with Gasteiger partial charge in [0.25, 0.3) is 0 Å². The molecule has 0 heterocycles. The molecule has 0 saturated carbocycles. The number of benzene rings is 2. The fourth-order valence-electron chi connectivity index (χ4n) is 2.95. The van der Waals surface area contributed by atoms with Crippen LogP contribution in [0.3, 0.4) is 0 Å². The van der Waals surface area contributed by atoms with Gasteiger partial charge >= 0.3 is 0 Å². The second-order valence-electron chi connectivity index (χ2n) is 5.82. The van der Waals surface area contributed by atoms with E-state index in [1.165, 1.54) is 16.7 Å². The number of hydrogen-bond acceptors (Lipinski definition) is 2. The summed E-state index contributed by atoms with van der Waals surface area (Å²) >= 11 is 0. The Morgan fingerprint density at radius 1 is 1.05 bits per heavy atom. The number of likely N-dealkylation sites (N-methyl/N-ethyl adjacent to an activating group) is 1. The van der Waals surface area contributed by atoms with Crippen molar-refractivity contribution >= 4 is 0 Å². The Morgan fingerprint density at radius 3 is 2.38 bits per heavy atom. The molecule has 0 fully saturated rings. The topological polar surface area (TPSA) is 29.3 Å². The number of aryl methyl sites for hydroxylation is 1. The minimum atomic E-state index is 0.0472. The lowest BCUT2D eigenvalue weighted by molar-refractivity contribution is 0.197. The van der Waals surface area contributed by atoms with Gasteiger partial charge in [-0.25, -0.2) is 0 Å². The maximum absolute atomic E-state index is 6.49. The highest BCUT2D eigenvalue weighted by Gasteiger charge is 2.21. The van der Waals surface area contributed by atoms with Crippen LogP contribution in [-0.4, -0.2) is 18.0 Å². The van der Waals surface area contributed by atoms with E-state index in [0.717, 1.165) is 13.0 Å². The average Bonchev–Trinajstić information content (AvgIpc) is 2.48. The van der Waals surface area contributed by atoms with Crippen LogP contribution in [0.2, 0.25) is 0 Å². The SMILES string of the molecule is CCC(C(N)c1ccccc1)N(C)Cc1cccc(C)c1. The molecule has 0 spiro atoms. The molecule has 2 nitrogen and oxygen atoms in total. The molecule has 0 aliphatic heterocycles. The van der Waals surface area contributed by atoms with Crippen LogP contribution in [0.4, 0.5) is 0 Å². The molecular formula is C19H26N2. The van der Waals surface area contributed by atoms with Gasteiger partial charge in [0.1, 0.15) is 0 Å². The lowest BCUT2D eigenvalue weighted by atomic mass is 9.96. The van der Waals surface area contributed by atoms with Crippen LogP contribution >= 0.6 is 0 Å². The maximum atomic E-state index is 6.49. The Balaban J connectivity index is 2.09. The molecule has 2 unspecified atom stereocenters. The Morgan fingerprint density at radius 2 is 1.76 bits per heavy atom. The van der Waals surface area contributed by atoms with E-state index in [1.54, 1.807) is 0 Å². The average molecular weight is 282 g/mol. The van der Waals surface area contributed by atoms with Crippen LogP contribution in [0, 0.1) is 6.92 Å². The van der Waals surface area contributed by atoms with Gasteiger partial charge in [0.2, 0.25) is 0 Å². The molecule has 0 amide bonds. The molecule has 2 atom stereocenters. The highest BCUT2D eigenvalue weighted by molar-refractivity contribution is 5.23. The zero-order valence-electron chi connectivity index (χ0n) is 13.3. The molecule has 0 bridgehead atoms. The van der Waals surface area contributed by atoms with Gasteiger partial charge in [0.15, 0.2) is 0 Å². The fourth-order valence-corrected chi connectivity index (χ4v) is 2.95. The fraction of sp³-hybridized carbons (Fsp3) is 0.368. The van der Waals surface area contributed by atoms with Crippen molar-refractivity contribution in [3.8, 4) is 0 Å². The standard InChI is InChI=1S/C19H26N2/c1-4-18(19(20)17-11-6-5-7-12-17)21(3)14-16-10-8-9-15(2)13-16/h5-13,18-19H,4,14,20H2,1-3H3. The van der Waals surface area contributed by atoms with E-state index in [2.05, 4.69) is 74.3 Å². The number of nitrogens with two attached hydrogens (primary N) is 1. The van der Waals surface area contributed by atoms with E-state index < -0.39 is 0 Å². The van der Waals surface area contributed by atoms with Crippen LogP contribution in [0.1, 0.15) is 36.1 Å². The second kappa shape index (κ2) is 7.39. The van der Waals surface area contributed by atoms with Gasteiger partial charge in [-0.05, 0) is 31.5 Å². The first-order valence-corrected chi connectivity index (χ1v) is 7.68. The predicted molar refractivity (Wildman–Crippen MR) is 90.1 cm³/mol. The first kappa shape index (κ1) is 15.7. The third-order valence-electron chi connectivity index (χ3n) is 4.10. The Labute approximate surface area is 128 Å².